The first-order chi connectivity index (χ1) is 5.72. The second-order valence-electron chi connectivity index (χ2n) is 4.65. The fraction of sp³-hybridized carbons (Fsp3) is 0.800. The van der Waals surface area contributed by atoms with Gasteiger partial charge in [0.25, 0.3) is 0 Å². The lowest BCUT2D eigenvalue weighted by molar-refractivity contribution is -0.306. The van der Waals surface area contributed by atoms with Gasteiger partial charge >= 0.3 is 0 Å². The topological polar surface area (TPSA) is 57.2 Å². The maximum absolute atomic E-state index is 11.1. The van der Waals surface area contributed by atoms with Crippen LogP contribution < -0.4 is 5.11 Å². The first-order valence-electron chi connectivity index (χ1n) is 4.42. The molecule has 0 spiro atoms. The van der Waals surface area contributed by atoms with Crippen molar-refractivity contribution in [3.05, 3.63) is 0 Å². The summed E-state index contributed by atoms with van der Waals surface area (Å²) in [5, 5.41) is 10.3. The third-order valence-corrected chi connectivity index (χ3v) is 1.85. The lowest BCUT2D eigenvalue weighted by Crippen LogP contribution is -2.29. The van der Waals surface area contributed by atoms with Crippen molar-refractivity contribution in [2.24, 2.45) is 11.3 Å². The Morgan fingerprint density at radius 1 is 1.31 bits per heavy atom. The summed E-state index contributed by atoms with van der Waals surface area (Å²) in [6.07, 6.45) is 0.433. The Kier molecular flexibility index (Phi) is 4.11. The van der Waals surface area contributed by atoms with Crippen molar-refractivity contribution in [2.75, 3.05) is 0 Å². The van der Waals surface area contributed by atoms with Crippen molar-refractivity contribution in [1.82, 2.24) is 0 Å². The van der Waals surface area contributed by atoms with Crippen LogP contribution in [0.1, 0.15) is 40.5 Å². The van der Waals surface area contributed by atoms with Crippen molar-refractivity contribution in [1.29, 1.82) is 0 Å². The highest BCUT2D eigenvalue weighted by Gasteiger charge is 2.22. The molecule has 0 aromatic rings. The molecule has 13 heavy (non-hydrogen) atoms. The van der Waals surface area contributed by atoms with Gasteiger partial charge in [0.15, 0.2) is 0 Å². The Hall–Kier alpha value is -0.860. The molecule has 3 heteroatoms. The first kappa shape index (κ1) is 12.1. The highest BCUT2D eigenvalue weighted by atomic mass is 16.4. The van der Waals surface area contributed by atoms with Crippen molar-refractivity contribution < 1.29 is 14.7 Å². The van der Waals surface area contributed by atoms with E-state index in [0.29, 0.717) is 6.42 Å². The summed E-state index contributed by atoms with van der Waals surface area (Å²) in [5.74, 6) is -1.62. The van der Waals surface area contributed by atoms with Crippen molar-refractivity contribution in [3.8, 4) is 0 Å². The standard InChI is InChI=1S/C10H18O3/c1-7(11)8(5-9(12)13)6-10(2,3)4/h8H,5-6H2,1-4H3,(H,12,13)/p-1. The zero-order chi connectivity index (χ0) is 10.6. The van der Waals surface area contributed by atoms with Gasteiger partial charge in [0.1, 0.15) is 5.78 Å². The quantitative estimate of drug-likeness (QED) is 0.650. The number of carboxylic acids is 1. The zero-order valence-corrected chi connectivity index (χ0v) is 8.72. The van der Waals surface area contributed by atoms with E-state index < -0.39 is 11.9 Å². The lowest BCUT2D eigenvalue weighted by Gasteiger charge is -2.24. The van der Waals surface area contributed by atoms with Gasteiger partial charge in [0, 0.05) is 11.9 Å². The molecule has 0 aromatic heterocycles. The number of aliphatic carboxylic acids is 1. The molecule has 0 aliphatic carbocycles. The monoisotopic (exact) mass is 185 g/mol. The maximum atomic E-state index is 11.1. The van der Waals surface area contributed by atoms with E-state index in [4.69, 9.17) is 0 Å². The second kappa shape index (κ2) is 4.40. The van der Waals surface area contributed by atoms with Crippen LogP contribution in [-0.2, 0) is 9.59 Å². The average Bonchev–Trinajstić information content (AvgIpc) is 1.81. The summed E-state index contributed by atoms with van der Waals surface area (Å²) in [4.78, 5) is 21.4. The molecule has 0 aromatic carbocycles. The number of rotatable bonds is 4. The third-order valence-electron chi connectivity index (χ3n) is 1.85. The van der Waals surface area contributed by atoms with Crippen LogP contribution in [0.15, 0.2) is 0 Å². The average molecular weight is 185 g/mol. The molecule has 0 radical (unpaired) electrons. The minimum absolute atomic E-state index is 0.0220. The largest absolute Gasteiger partial charge is 0.550 e. The molecule has 0 bridgehead atoms. The molecule has 0 aliphatic heterocycles. The van der Waals surface area contributed by atoms with Crippen LogP contribution in [0.25, 0.3) is 0 Å². The lowest BCUT2D eigenvalue weighted by atomic mass is 9.81. The number of Topliss-reactive ketones (excluding diaryl/α,β-unsaturated/α-hetero) is 1. The summed E-state index contributed by atoms with van der Waals surface area (Å²) in [6, 6.07) is 0. The van der Waals surface area contributed by atoms with Gasteiger partial charge < -0.3 is 9.90 Å². The molecule has 0 heterocycles. The highest BCUT2D eigenvalue weighted by Crippen LogP contribution is 2.26. The Balaban J connectivity index is 4.27. The third kappa shape index (κ3) is 6.31. The van der Waals surface area contributed by atoms with E-state index in [0.717, 1.165) is 0 Å². The molecule has 0 aliphatic rings. The summed E-state index contributed by atoms with van der Waals surface area (Å²) in [5.41, 5.74) is -0.0220. The van der Waals surface area contributed by atoms with E-state index in [9.17, 15) is 14.7 Å². The Bertz CT molecular complexity index is 201. The van der Waals surface area contributed by atoms with E-state index in [-0.39, 0.29) is 17.6 Å². The van der Waals surface area contributed by atoms with Crippen LogP contribution in [-0.4, -0.2) is 11.8 Å². The molecule has 0 amide bonds. The number of hydrogen-bond acceptors (Lipinski definition) is 3. The molecular weight excluding hydrogens is 168 g/mol. The predicted molar refractivity (Wildman–Crippen MR) is 47.9 cm³/mol. The van der Waals surface area contributed by atoms with Gasteiger partial charge in [-0.05, 0) is 25.2 Å². The van der Waals surface area contributed by atoms with Crippen LogP contribution in [0.4, 0.5) is 0 Å². The normalized spacial score (nSPS) is 13.8. The van der Waals surface area contributed by atoms with Gasteiger partial charge in [-0.3, -0.25) is 4.79 Å². The summed E-state index contributed by atoms with van der Waals surface area (Å²) >= 11 is 0. The van der Waals surface area contributed by atoms with E-state index in [1.807, 2.05) is 20.8 Å². The van der Waals surface area contributed by atoms with Crippen LogP contribution >= 0.6 is 0 Å². The SMILES string of the molecule is CC(=O)C(CC(=O)[O-])CC(C)(C)C. The van der Waals surface area contributed by atoms with Gasteiger partial charge in [-0.1, -0.05) is 20.8 Å². The summed E-state index contributed by atoms with van der Waals surface area (Å²) in [7, 11) is 0. The number of carboxylic acid groups (broad SMARTS) is 1. The second-order valence-corrected chi connectivity index (χ2v) is 4.65. The van der Waals surface area contributed by atoms with Gasteiger partial charge in [0.05, 0.1) is 0 Å². The summed E-state index contributed by atoms with van der Waals surface area (Å²) < 4.78 is 0. The molecule has 0 saturated heterocycles. The van der Waals surface area contributed by atoms with E-state index in [1.165, 1.54) is 6.92 Å². The number of carbonyl (C=O) groups is 2. The number of ketones is 1. The Labute approximate surface area is 79.1 Å². The van der Waals surface area contributed by atoms with E-state index >= 15 is 0 Å². The highest BCUT2D eigenvalue weighted by molar-refractivity contribution is 5.82. The van der Waals surface area contributed by atoms with Crippen LogP contribution in [0, 0.1) is 11.3 Å². The van der Waals surface area contributed by atoms with E-state index in [2.05, 4.69) is 0 Å². The van der Waals surface area contributed by atoms with Gasteiger partial charge in [-0.15, -0.1) is 0 Å². The molecule has 0 rings (SSSR count). The fourth-order valence-electron chi connectivity index (χ4n) is 1.30. The van der Waals surface area contributed by atoms with Crippen molar-refractivity contribution in [2.45, 2.75) is 40.5 Å². The minimum atomic E-state index is -1.15. The minimum Gasteiger partial charge on any atom is -0.550 e. The molecular formula is C10H17O3-. The predicted octanol–water partition coefficient (Wildman–Crippen LogP) is 0.768. The van der Waals surface area contributed by atoms with Crippen molar-refractivity contribution >= 4 is 11.8 Å². The molecule has 3 nitrogen and oxygen atoms in total. The smallest absolute Gasteiger partial charge is 0.133 e. The number of carbonyl (C=O) groups excluding carboxylic acids is 2. The molecule has 0 N–H and O–H groups in total. The molecule has 1 unspecified atom stereocenters. The van der Waals surface area contributed by atoms with E-state index in [1.54, 1.807) is 0 Å². The zero-order valence-electron chi connectivity index (χ0n) is 8.72. The van der Waals surface area contributed by atoms with Crippen LogP contribution in [0.5, 0.6) is 0 Å². The summed E-state index contributed by atoms with van der Waals surface area (Å²) in [6.45, 7) is 7.38. The van der Waals surface area contributed by atoms with Gasteiger partial charge in [0.2, 0.25) is 0 Å². The molecule has 0 fully saturated rings. The van der Waals surface area contributed by atoms with Crippen LogP contribution in [0.2, 0.25) is 0 Å². The van der Waals surface area contributed by atoms with Gasteiger partial charge in [-0.2, -0.15) is 0 Å². The number of hydrogen-bond donors (Lipinski definition) is 0. The molecule has 0 saturated carbocycles. The molecule has 1 atom stereocenters. The Morgan fingerprint density at radius 2 is 1.77 bits per heavy atom. The Morgan fingerprint density at radius 3 is 2.00 bits per heavy atom. The first-order valence-corrected chi connectivity index (χ1v) is 4.42. The van der Waals surface area contributed by atoms with Crippen LogP contribution in [0.3, 0.4) is 0 Å². The van der Waals surface area contributed by atoms with Gasteiger partial charge in [-0.25, -0.2) is 0 Å². The molecule has 76 valence electrons. The van der Waals surface area contributed by atoms with Crippen molar-refractivity contribution in [3.63, 3.8) is 0 Å². The fourth-order valence-corrected chi connectivity index (χ4v) is 1.30. The maximum Gasteiger partial charge on any atom is 0.133 e.